The molecule has 3 aromatic rings. The number of ether oxygens (including phenoxy) is 1. The summed E-state index contributed by atoms with van der Waals surface area (Å²) in [5.41, 5.74) is 2.66. The molecule has 3 rings (SSSR count). The highest BCUT2D eigenvalue weighted by atomic mass is 19.2. The molecule has 0 radical (unpaired) electrons. The quantitative estimate of drug-likeness (QED) is 0.708. The lowest BCUT2D eigenvalue weighted by atomic mass is 10.1. The molecular weight excluding hydrogens is 354 g/mol. The highest BCUT2D eigenvalue weighted by Gasteiger charge is 2.18. The predicted molar refractivity (Wildman–Crippen MR) is 96.5 cm³/mol. The van der Waals surface area contributed by atoms with Crippen LogP contribution in [0.15, 0.2) is 47.0 Å². The average Bonchev–Trinajstić information content (AvgIpc) is 3.04. The molecule has 0 aliphatic carbocycles. The van der Waals surface area contributed by atoms with E-state index in [2.05, 4.69) is 10.5 Å². The minimum absolute atomic E-state index is 0.0793. The number of aryl methyl sites for hydroxylation is 2. The van der Waals surface area contributed by atoms with Gasteiger partial charge in [-0.05, 0) is 62.2 Å². The van der Waals surface area contributed by atoms with Gasteiger partial charge < -0.3 is 9.26 Å². The monoisotopic (exact) mass is 372 g/mol. The Bertz CT molecular complexity index is 965. The van der Waals surface area contributed by atoms with Gasteiger partial charge in [-0.25, -0.2) is 8.78 Å². The van der Waals surface area contributed by atoms with E-state index in [0.717, 1.165) is 23.3 Å². The first-order chi connectivity index (χ1) is 12.8. The van der Waals surface area contributed by atoms with Gasteiger partial charge in [0.2, 0.25) is 5.88 Å². The summed E-state index contributed by atoms with van der Waals surface area (Å²) in [6, 6.07) is 10.5. The molecule has 1 atom stereocenters. The summed E-state index contributed by atoms with van der Waals surface area (Å²) in [7, 11) is 0. The lowest BCUT2D eigenvalue weighted by molar-refractivity contribution is -0.122. The van der Waals surface area contributed by atoms with E-state index in [-0.39, 0.29) is 11.6 Å². The Hall–Kier alpha value is -3.22. The van der Waals surface area contributed by atoms with Crippen molar-refractivity contribution in [2.24, 2.45) is 0 Å². The Labute approximate surface area is 154 Å². The highest BCUT2D eigenvalue weighted by Crippen LogP contribution is 2.24. The first-order valence-electron chi connectivity index (χ1n) is 8.30. The number of benzene rings is 2. The SMILES string of the molecule is Cc1cc(C)cc(OC(C)C(=O)Nc2cc(-c3ccc(F)c(F)c3)no2)c1. The molecule has 1 amide bonds. The first kappa shape index (κ1) is 18.6. The topological polar surface area (TPSA) is 64.4 Å². The van der Waals surface area contributed by atoms with E-state index >= 15 is 0 Å². The number of halogens is 2. The van der Waals surface area contributed by atoms with Gasteiger partial charge in [0.25, 0.3) is 5.91 Å². The van der Waals surface area contributed by atoms with E-state index < -0.39 is 23.6 Å². The molecule has 0 aliphatic heterocycles. The molecule has 140 valence electrons. The fourth-order valence-corrected chi connectivity index (χ4v) is 2.61. The molecule has 0 saturated heterocycles. The maximum atomic E-state index is 13.3. The maximum absolute atomic E-state index is 13.3. The molecule has 2 aromatic carbocycles. The Kier molecular flexibility index (Phi) is 5.21. The second-order valence-electron chi connectivity index (χ2n) is 6.28. The van der Waals surface area contributed by atoms with Crippen LogP contribution in [0.2, 0.25) is 0 Å². The fourth-order valence-electron chi connectivity index (χ4n) is 2.61. The van der Waals surface area contributed by atoms with Gasteiger partial charge in [0.1, 0.15) is 11.4 Å². The molecule has 1 unspecified atom stereocenters. The summed E-state index contributed by atoms with van der Waals surface area (Å²) in [5, 5.41) is 6.30. The third kappa shape index (κ3) is 4.49. The lowest BCUT2D eigenvalue weighted by Crippen LogP contribution is -2.30. The number of anilines is 1. The van der Waals surface area contributed by atoms with Crippen molar-refractivity contribution in [3.05, 3.63) is 65.2 Å². The van der Waals surface area contributed by atoms with E-state index in [1.807, 2.05) is 32.0 Å². The summed E-state index contributed by atoms with van der Waals surface area (Å²) in [4.78, 5) is 12.3. The number of hydrogen-bond acceptors (Lipinski definition) is 4. The molecule has 1 heterocycles. The first-order valence-corrected chi connectivity index (χ1v) is 8.30. The van der Waals surface area contributed by atoms with Crippen LogP contribution in [-0.2, 0) is 4.79 Å². The molecule has 1 N–H and O–H groups in total. The smallest absolute Gasteiger partial charge is 0.267 e. The fraction of sp³-hybridized carbons (Fsp3) is 0.200. The summed E-state index contributed by atoms with van der Waals surface area (Å²) in [6.45, 7) is 5.50. The number of amides is 1. The summed E-state index contributed by atoms with van der Waals surface area (Å²) >= 11 is 0. The van der Waals surface area contributed by atoms with Crippen LogP contribution in [0.5, 0.6) is 5.75 Å². The van der Waals surface area contributed by atoms with Crippen molar-refractivity contribution in [3.63, 3.8) is 0 Å². The van der Waals surface area contributed by atoms with Crippen LogP contribution >= 0.6 is 0 Å². The van der Waals surface area contributed by atoms with Crippen LogP contribution in [0, 0.1) is 25.5 Å². The number of carbonyl (C=O) groups is 1. The second kappa shape index (κ2) is 7.57. The molecule has 0 saturated carbocycles. The van der Waals surface area contributed by atoms with Gasteiger partial charge >= 0.3 is 0 Å². The van der Waals surface area contributed by atoms with Crippen molar-refractivity contribution in [2.45, 2.75) is 26.9 Å². The van der Waals surface area contributed by atoms with Gasteiger partial charge in [0.05, 0.1) is 0 Å². The number of rotatable bonds is 5. The van der Waals surface area contributed by atoms with Crippen LogP contribution in [0.1, 0.15) is 18.1 Å². The highest BCUT2D eigenvalue weighted by molar-refractivity contribution is 5.93. The third-order valence-electron chi connectivity index (χ3n) is 3.85. The van der Waals surface area contributed by atoms with Gasteiger partial charge in [-0.3, -0.25) is 10.1 Å². The third-order valence-corrected chi connectivity index (χ3v) is 3.85. The Balaban J connectivity index is 1.67. The average molecular weight is 372 g/mol. The van der Waals surface area contributed by atoms with Crippen LogP contribution in [0.25, 0.3) is 11.3 Å². The van der Waals surface area contributed by atoms with Gasteiger partial charge in [-0.15, -0.1) is 0 Å². The van der Waals surface area contributed by atoms with Crippen molar-refractivity contribution >= 4 is 11.8 Å². The molecule has 5 nitrogen and oxygen atoms in total. The van der Waals surface area contributed by atoms with Gasteiger partial charge in [0, 0.05) is 11.6 Å². The predicted octanol–water partition coefficient (Wildman–Crippen LogP) is 4.64. The standard InChI is InChI=1S/C20H18F2N2O3/c1-11-6-12(2)8-15(7-11)26-13(3)20(25)23-19-10-18(24-27-19)14-4-5-16(21)17(22)9-14/h4-10,13H,1-3H3,(H,23,25). The molecule has 7 heteroatoms. The van der Waals surface area contributed by atoms with Crippen molar-refractivity contribution in [1.29, 1.82) is 0 Å². The van der Waals surface area contributed by atoms with Gasteiger partial charge in [-0.1, -0.05) is 11.2 Å². The molecule has 27 heavy (non-hydrogen) atoms. The second-order valence-corrected chi connectivity index (χ2v) is 6.28. The van der Waals surface area contributed by atoms with Crippen molar-refractivity contribution < 1.29 is 22.8 Å². The van der Waals surface area contributed by atoms with E-state index in [4.69, 9.17) is 9.26 Å². The van der Waals surface area contributed by atoms with E-state index in [1.165, 1.54) is 12.1 Å². The van der Waals surface area contributed by atoms with Crippen molar-refractivity contribution in [2.75, 3.05) is 5.32 Å². The molecule has 0 bridgehead atoms. The summed E-state index contributed by atoms with van der Waals surface area (Å²) in [6.07, 6.45) is -0.775. The number of nitrogens with one attached hydrogen (secondary N) is 1. The zero-order valence-corrected chi connectivity index (χ0v) is 15.0. The zero-order chi connectivity index (χ0) is 19.6. The normalized spacial score (nSPS) is 11.9. The molecule has 1 aromatic heterocycles. The lowest BCUT2D eigenvalue weighted by Gasteiger charge is -2.14. The number of hydrogen-bond donors (Lipinski definition) is 1. The Morgan fingerprint density at radius 2 is 1.78 bits per heavy atom. The minimum atomic E-state index is -0.989. The van der Waals surface area contributed by atoms with E-state index in [0.29, 0.717) is 11.3 Å². The largest absolute Gasteiger partial charge is 0.481 e. The zero-order valence-electron chi connectivity index (χ0n) is 15.0. The Morgan fingerprint density at radius 3 is 2.44 bits per heavy atom. The number of carbonyl (C=O) groups excluding carboxylic acids is 1. The van der Waals surface area contributed by atoms with E-state index in [9.17, 15) is 13.6 Å². The maximum Gasteiger partial charge on any atom is 0.267 e. The summed E-state index contributed by atoms with van der Waals surface area (Å²) < 4.78 is 37.1. The van der Waals surface area contributed by atoms with Crippen LogP contribution in [0.3, 0.4) is 0 Å². The number of nitrogens with zero attached hydrogens (tertiary/aromatic N) is 1. The van der Waals surface area contributed by atoms with Gasteiger partial charge in [0.15, 0.2) is 17.7 Å². The van der Waals surface area contributed by atoms with Crippen molar-refractivity contribution in [1.82, 2.24) is 5.16 Å². The molecular formula is C20H18F2N2O3. The minimum Gasteiger partial charge on any atom is -0.481 e. The molecule has 0 spiro atoms. The van der Waals surface area contributed by atoms with Crippen LogP contribution in [0.4, 0.5) is 14.7 Å². The van der Waals surface area contributed by atoms with Crippen molar-refractivity contribution in [3.8, 4) is 17.0 Å². The molecule has 0 fully saturated rings. The van der Waals surface area contributed by atoms with Crippen LogP contribution < -0.4 is 10.1 Å². The van der Waals surface area contributed by atoms with Crippen LogP contribution in [-0.4, -0.2) is 17.2 Å². The number of aromatic nitrogens is 1. The Morgan fingerprint density at radius 1 is 1.07 bits per heavy atom. The van der Waals surface area contributed by atoms with E-state index in [1.54, 1.807) is 6.92 Å². The van der Waals surface area contributed by atoms with Gasteiger partial charge in [-0.2, -0.15) is 0 Å². The molecule has 0 aliphatic rings. The summed E-state index contributed by atoms with van der Waals surface area (Å²) in [5.74, 6) is -1.70.